The van der Waals surface area contributed by atoms with Crippen molar-refractivity contribution < 1.29 is 0 Å². The van der Waals surface area contributed by atoms with Gasteiger partial charge in [0, 0.05) is 23.0 Å². The number of fused-ring (bicyclic) bond motifs is 1. The smallest absolute Gasteiger partial charge is 0.0970 e. The van der Waals surface area contributed by atoms with Gasteiger partial charge in [-0.1, -0.05) is 13.0 Å². The van der Waals surface area contributed by atoms with E-state index in [1.807, 2.05) is 11.3 Å². The number of likely N-dealkylation sites (tertiary alicyclic amines) is 1. The lowest BCUT2D eigenvalue weighted by Crippen LogP contribution is -2.58. The normalized spacial score (nSPS) is 29.3. The summed E-state index contributed by atoms with van der Waals surface area (Å²) in [6.07, 6.45) is 4.92. The molecule has 2 aliphatic rings. The van der Waals surface area contributed by atoms with Gasteiger partial charge in [-0.15, -0.1) is 11.3 Å². The van der Waals surface area contributed by atoms with Crippen LogP contribution in [-0.4, -0.2) is 34.6 Å². The largest absolute Gasteiger partial charge is 0.310 e. The lowest BCUT2D eigenvalue weighted by Gasteiger charge is -2.53. The maximum atomic E-state index is 5.14. The Kier molecular flexibility index (Phi) is 4.89. The number of hydrogen-bond donors (Lipinski definition) is 1. The van der Waals surface area contributed by atoms with Crippen LogP contribution in [0.15, 0.2) is 18.2 Å². The fraction of sp³-hybridized carbons (Fsp3) is 0.696. The van der Waals surface area contributed by atoms with Crippen molar-refractivity contribution in [3.63, 3.8) is 0 Å². The maximum Gasteiger partial charge on any atom is 0.0970 e. The van der Waals surface area contributed by atoms with Crippen LogP contribution in [-0.2, 0) is 0 Å². The number of thiazole rings is 1. The summed E-state index contributed by atoms with van der Waals surface area (Å²) in [5.41, 5.74) is 3.02. The van der Waals surface area contributed by atoms with Crippen molar-refractivity contribution in [1.29, 1.82) is 0 Å². The lowest BCUT2D eigenvalue weighted by atomic mass is 9.74. The first-order chi connectivity index (χ1) is 12.7. The SMILES string of the molecule is C[C@H]1CCC(c2ccc3sc(C4CC(C)(C)N(C)C(C)(C)C4)nc3c2)NC1. The highest BCUT2D eigenvalue weighted by atomic mass is 32.1. The van der Waals surface area contributed by atoms with Gasteiger partial charge in [-0.3, -0.25) is 4.90 Å². The van der Waals surface area contributed by atoms with Crippen molar-refractivity contribution >= 4 is 21.6 Å². The van der Waals surface area contributed by atoms with Gasteiger partial charge in [0.2, 0.25) is 0 Å². The standard InChI is InChI=1S/C23H35N3S/c1-15-7-9-18(24-14-15)16-8-10-20-19(11-16)25-21(27-20)17-12-22(2,3)26(6)23(4,5)13-17/h8,10-11,15,17-18,24H,7,9,12-14H2,1-6H3/t15-,18?/m0/s1. The van der Waals surface area contributed by atoms with Gasteiger partial charge in [0.15, 0.2) is 0 Å². The van der Waals surface area contributed by atoms with E-state index in [4.69, 9.17) is 4.98 Å². The molecule has 0 amide bonds. The van der Waals surface area contributed by atoms with E-state index in [1.54, 1.807) is 0 Å². The van der Waals surface area contributed by atoms with Crippen molar-refractivity contribution in [2.45, 2.75) is 83.3 Å². The van der Waals surface area contributed by atoms with Gasteiger partial charge in [-0.2, -0.15) is 0 Å². The van der Waals surface area contributed by atoms with E-state index in [0.29, 0.717) is 12.0 Å². The summed E-state index contributed by atoms with van der Waals surface area (Å²) in [6.45, 7) is 13.0. The van der Waals surface area contributed by atoms with Crippen molar-refractivity contribution in [2.24, 2.45) is 5.92 Å². The lowest BCUT2D eigenvalue weighted by molar-refractivity contribution is -0.0128. The molecule has 1 N–H and O–H groups in total. The first-order valence-electron chi connectivity index (χ1n) is 10.5. The Morgan fingerprint density at radius 1 is 1.11 bits per heavy atom. The molecular formula is C23H35N3S. The Morgan fingerprint density at radius 2 is 1.81 bits per heavy atom. The van der Waals surface area contributed by atoms with Crippen LogP contribution in [0.4, 0.5) is 0 Å². The highest BCUT2D eigenvalue weighted by Crippen LogP contribution is 2.46. The monoisotopic (exact) mass is 385 g/mol. The third-order valence-corrected chi connectivity index (χ3v) is 8.35. The quantitative estimate of drug-likeness (QED) is 0.716. The minimum Gasteiger partial charge on any atom is -0.310 e. The molecule has 0 aliphatic carbocycles. The number of piperidine rings is 2. The Labute approximate surface area is 168 Å². The fourth-order valence-corrected chi connectivity index (χ4v) is 6.23. The highest BCUT2D eigenvalue weighted by Gasteiger charge is 2.44. The van der Waals surface area contributed by atoms with Gasteiger partial charge >= 0.3 is 0 Å². The van der Waals surface area contributed by atoms with Gasteiger partial charge < -0.3 is 5.32 Å². The zero-order chi connectivity index (χ0) is 19.4. The van der Waals surface area contributed by atoms with Crippen LogP contribution in [0, 0.1) is 5.92 Å². The molecule has 2 fully saturated rings. The predicted molar refractivity (Wildman–Crippen MR) is 117 cm³/mol. The van der Waals surface area contributed by atoms with Gasteiger partial charge in [0.25, 0.3) is 0 Å². The first-order valence-corrected chi connectivity index (χ1v) is 11.3. The summed E-state index contributed by atoms with van der Waals surface area (Å²) in [6, 6.07) is 7.46. The summed E-state index contributed by atoms with van der Waals surface area (Å²) in [7, 11) is 2.28. The highest BCUT2D eigenvalue weighted by molar-refractivity contribution is 7.18. The molecule has 3 nitrogen and oxygen atoms in total. The molecule has 3 heterocycles. The van der Waals surface area contributed by atoms with Crippen molar-refractivity contribution in [2.75, 3.05) is 13.6 Å². The summed E-state index contributed by atoms with van der Waals surface area (Å²) in [5.74, 6) is 1.35. The van der Waals surface area contributed by atoms with Crippen LogP contribution in [0.1, 0.15) is 82.8 Å². The second-order valence-electron chi connectivity index (χ2n) is 10.2. The minimum absolute atomic E-state index is 0.206. The molecule has 2 saturated heterocycles. The van der Waals surface area contributed by atoms with Crippen molar-refractivity contribution in [3.05, 3.63) is 28.8 Å². The van der Waals surface area contributed by atoms with E-state index in [0.717, 1.165) is 12.5 Å². The van der Waals surface area contributed by atoms with Crippen LogP contribution >= 0.6 is 11.3 Å². The average Bonchev–Trinajstić information content (AvgIpc) is 3.03. The second kappa shape index (κ2) is 6.82. The summed E-state index contributed by atoms with van der Waals surface area (Å²) < 4.78 is 1.34. The molecule has 0 radical (unpaired) electrons. The van der Waals surface area contributed by atoms with Gasteiger partial charge in [-0.25, -0.2) is 4.98 Å². The zero-order valence-corrected chi connectivity index (χ0v) is 18.6. The van der Waals surface area contributed by atoms with E-state index in [2.05, 4.69) is 70.1 Å². The third-order valence-electron chi connectivity index (χ3n) is 7.15. The molecule has 1 aromatic carbocycles. The van der Waals surface area contributed by atoms with Gasteiger partial charge in [0.1, 0.15) is 0 Å². The second-order valence-corrected chi connectivity index (χ2v) is 11.3. The Morgan fingerprint density at radius 3 is 2.44 bits per heavy atom. The first kappa shape index (κ1) is 19.4. The Hall–Kier alpha value is -0.970. The van der Waals surface area contributed by atoms with E-state index in [9.17, 15) is 0 Å². The number of hydrogen-bond acceptors (Lipinski definition) is 4. The number of nitrogens with zero attached hydrogens (tertiary/aromatic N) is 2. The molecule has 1 aromatic heterocycles. The molecule has 27 heavy (non-hydrogen) atoms. The molecule has 2 atom stereocenters. The van der Waals surface area contributed by atoms with Crippen molar-refractivity contribution in [3.8, 4) is 0 Å². The minimum atomic E-state index is 0.206. The van der Waals surface area contributed by atoms with E-state index in [1.165, 1.54) is 46.5 Å². The molecular weight excluding hydrogens is 350 g/mol. The number of benzene rings is 1. The Bertz CT molecular complexity index is 796. The molecule has 2 aromatic rings. The topological polar surface area (TPSA) is 28.2 Å². The number of nitrogens with one attached hydrogen (secondary N) is 1. The van der Waals surface area contributed by atoms with Gasteiger partial charge in [0.05, 0.1) is 15.2 Å². The summed E-state index contributed by atoms with van der Waals surface area (Å²) in [4.78, 5) is 7.69. The third kappa shape index (κ3) is 3.68. The Balaban J connectivity index is 1.60. The molecule has 0 saturated carbocycles. The van der Waals surface area contributed by atoms with Crippen molar-refractivity contribution in [1.82, 2.24) is 15.2 Å². The van der Waals surface area contributed by atoms with Gasteiger partial charge in [-0.05, 0) is 90.6 Å². The van der Waals surface area contributed by atoms with Crippen LogP contribution in [0.3, 0.4) is 0 Å². The summed E-state index contributed by atoms with van der Waals surface area (Å²) in [5, 5.41) is 5.05. The number of aromatic nitrogens is 1. The molecule has 4 heteroatoms. The summed E-state index contributed by atoms with van der Waals surface area (Å²) >= 11 is 1.91. The van der Waals surface area contributed by atoms with Crippen LogP contribution in [0.25, 0.3) is 10.2 Å². The van der Waals surface area contributed by atoms with E-state index in [-0.39, 0.29) is 11.1 Å². The fourth-order valence-electron chi connectivity index (χ4n) is 5.18. The van der Waals surface area contributed by atoms with E-state index >= 15 is 0 Å². The van der Waals surface area contributed by atoms with Crippen LogP contribution in [0.2, 0.25) is 0 Å². The number of rotatable bonds is 2. The molecule has 148 valence electrons. The maximum absolute atomic E-state index is 5.14. The molecule has 4 rings (SSSR count). The predicted octanol–water partition coefficient (Wildman–Crippen LogP) is 5.72. The molecule has 0 spiro atoms. The average molecular weight is 386 g/mol. The zero-order valence-electron chi connectivity index (χ0n) is 17.8. The van der Waals surface area contributed by atoms with Crippen LogP contribution < -0.4 is 5.32 Å². The van der Waals surface area contributed by atoms with E-state index < -0.39 is 0 Å². The molecule has 2 aliphatic heterocycles. The van der Waals surface area contributed by atoms with Crippen LogP contribution in [0.5, 0.6) is 0 Å². The molecule has 0 bridgehead atoms. The molecule has 1 unspecified atom stereocenters.